The Kier molecular flexibility index (Phi) is 5.35. The van der Waals surface area contributed by atoms with Crippen LogP contribution in [0.15, 0.2) is 48.9 Å². The van der Waals surface area contributed by atoms with Crippen molar-refractivity contribution in [1.82, 2.24) is 19.2 Å². The summed E-state index contributed by atoms with van der Waals surface area (Å²) >= 11 is 0. The fraction of sp³-hybridized carbons (Fsp3) is 0.261. The third kappa shape index (κ3) is 3.54. The van der Waals surface area contributed by atoms with E-state index in [0.717, 1.165) is 0 Å². The Morgan fingerprint density at radius 2 is 2.11 bits per heavy atom. The summed E-state index contributed by atoms with van der Waals surface area (Å²) in [6.07, 6.45) is -0.340. The highest BCUT2D eigenvalue weighted by Gasteiger charge is 2.50. The minimum absolute atomic E-state index is 0.0688. The molecule has 4 heterocycles. The lowest BCUT2D eigenvalue weighted by molar-refractivity contribution is -0.0545. The molecule has 12 heteroatoms. The molecule has 0 radical (unpaired) electrons. The molecule has 3 N–H and O–H groups in total. The van der Waals surface area contributed by atoms with Crippen LogP contribution in [0.5, 0.6) is 0 Å². The number of esters is 1. The minimum Gasteiger partial charge on any atom is -0.465 e. The molecule has 0 aliphatic carbocycles. The molecule has 1 aliphatic heterocycles. The molecule has 3 aromatic heterocycles. The summed E-state index contributed by atoms with van der Waals surface area (Å²) in [4.78, 5) is 28.9. The molecule has 35 heavy (non-hydrogen) atoms. The summed E-state index contributed by atoms with van der Waals surface area (Å²) in [6.45, 7) is -0.329. The molecule has 1 fully saturated rings. The standard InChI is InChI=1S/C23H20N6O6/c1-33-21(31)14-9-28(15-5-3-2-4-13(14)15)22(32)34-10-18-17(30)8-23(11-24,35-18)19-7-6-16-20(25)26-12-27-29(16)19/h2-7,9,12,17-18,30H,8,10H2,1H3,(H2,25,26,27)/t17-,18+,23-/m0/s1. The molecule has 0 bridgehead atoms. The van der Waals surface area contributed by atoms with Gasteiger partial charge < -0.3 is 25.1 Å². The number of aliphatic hydroxyl groups excluding tert-OH is 1. The Morgan fingerprint density at radius 3 is 2.89 bits per heavy atom. The Hall–Kier alpha value is -4.47. The van der Waals surface area contributed by atoms with Crippen LogP contribution < -0.4 is 5.73 Å². The van der Waals surface area contributed by atoms with Crippen molar-refractivity contribution in [3.05, 3.63) is 60.2 Å². The maximum absolute atomic E-state index is 12.9. The fourth-order valence-corrected chi connectivity index (χ4v) is 4.34. The number of aromatic nitrogens is 4. The Morgan fingerprint density at radius 1 is 1.31 bits per heavy atom. The van der Waals surface area contributed by atoms with Gasteiger partial charge in [-0.1, -0.05) is 18.2 Å². The molecule has 1 aromatic carbocycles. The van der Waals surface area contributed by atoms with Gasteiger partial charge in [0.15, 0.2) is 11.4 Å². The van der Waals surface area contributed by atoms with Crippen LogP contribution in [0, 0.1) is 11.3 Å². The number of anilines is 1. The first-order chi connectivity index (χ1) is 16.9. The number of hydrogen-bond acceptors (Lipinski definition) is 10. The summed E-state index contributed by atoms with van der Waals surface area (Å²) in [6, 6.07) is 12.2. The maximum atomic E-state index is 12.9. The van der Waals surface area contributed by atoms with Crippen molar-refractivity contribution < 1.29 is 28.9 Å². The molecule has 3 atom stereocenters. The van der Waals surface area contributed by atoms with E-state index < -0.39 is 29.9 Å². The van der Waals surface area contributed by atoms with Gasteiger partial charge in [0.2, 0.25) is 0 Å². The lowest BCUT2D eigenvalue weighted by Gasteiger charge is -2.21. The fourth-order valence-electron chi connectivity index (χ4n) is 4.34. The topological polar surface area (TPSA) is 167 Å². The predicted octanol–water partition coefficient (Wildman–Crippen LogP) is 1.61. The van der Waals surface area contributed by atoms with Crippen LogP contribution in [-0.4, -0.2) is 62.3 Å². The van der Waals surface area contributed by atoms with Gasteiger partial charge in [0.1, 0.15) is 30.6 Å². The van der Waals surface area contributed by atoms with E-state index in [0.29, 0.717) is 22.1 Å². The van der Waals surface area contributed by atoms with Crippen LogP contribution in [0.3, 0.4) is 0 Å². The number of ether oxygens (including phenoxy) is 3. The molecule has 4 aromatic rings. The predicted molar refractivity (Wildman–Crippen MR) is 120 cm³/mol. The molecule has 12 nitrogen and oxygen atoms in total. The van der Waals surface area contributed by atoms with Crippen LogP contribution >= 0.6 is 0 Å². The van der Waals surface area contributed by atoms with Crippen molar-refractivity contribution >= 4 is 34.3 Å². The third-order valence-corrected chi connectivity index (χ3v) is 6.04. The molecule has 1 saturated heterocycles. The minimum atomic E-state index is -1.54. The highest BCUT2D eigenvalue weighted by Crippen LogP contribution is 2.40. The zero-order valence-electron chi connectivity index (χ0n) is 18.5. The van der Waals surface area contributed by atoms with E-state index in [2.05, 4.69) is 16.2 Å². The van der Waals surface area contributed by atoms with Crippen LogP contribution in [-0.2, 0) is 19.8 Å². The number of nitrogens with zero attached hydrogens (tertiary/aromatic N) is 5. The number of aliphatic hydroxyl groups is 1. The van der Waals surface area contributed by atoms with E-state index in [-0.39, 0.29) is 24.4 Å². The number of fused-ring (bicyclic) bond motifs is 2. The molecular weight excluding hydrogens is 456 g/mol. The quantitative estimate of drug-likeness (QED) is 0.413. The summed E-state index contributed by atoms with van der Waals surface area (Å²) in [5.74, 6) is -0.362. The van der Waals surface area contributed by atoms with Gasteiger partial charge in [0.25, 0.3) is 0 Å². The highest BCUT2D eigenvalue weighted by atomic mass is 16.6. The van der Waals surface area contributed by atoms with Gasteiger partial charge in [0.05, 0.1) is 30.0 Å². The number of nitrogens with two attached hydrogens (primary N) is 1. The number of rotatable bonds is 4. The second-order valence-corrected chi connectivity index (χ2v) is 8.03. The molecule has 0 saturated carbocycles. The number of hydrogen-bond donors (Lipinski definition) is 2. The van der Waals surface area contributed by atoms with Gasteiger partial charge in [-0.3, -0.25) is 4.57 Å². The first-order valence-electron chi connectivity index (χ1n) is 10.6. The lowest BCUT2D eigenvalue weighted by atomic mass is 9.96. The van der Waals surface area contributed by atoms with E-state index in [1.165, 1.54) is 28.7 Å². The molecule has 0 unspecified atom stereocenters. The van der Waals surface area contributed by atoms with E-state index in [4.69, 9.17) is 19.9 Å². The number of nitriles is 1. The number of carbonyl (C=O) groups is 2. The van der Waals surface area contributed by atoms with Crippen molar-refractivity contribution in [3.8, 4) is 6.07 Å². The van der Waals surface area contributed by atoms with Crippen molar-refractivity contribution in [2.75, 3.05) is 19.5 Å². The second kappa shape index (κ2) is 8.39. The van der Waals surface area contributed by atoms with Crippen molar-refractivity contribution in [2.45, 2.75) is 24.2 Å². The number of para-hydroxylation sites is 1. The smallest absolute Gasteiger partial charge is 0.418 e. The normalized spacial score (nSPS) is 21.7. The van der Waals surface area contributed by atoms with Crippen molar-refractivity contribution in [1.29, 1.82) is 5.26 Å². The summed E-state index contributed by atoms with van der Waals surface area (Å²) < 4.78 is 18.8. The number of benzene rings is 1. The zero-order valence-corrected chi connectivity index (χ0v) is 18.5. The van der Waals surface area contributed by atoms with Crippen LogP contribution in [0.2, 0.25) is 0 Å². The van der Waals surface area contributed by atoms with E-state index in [1.54, 1.807) is 36.4 Å². The van der Waals surface area contributed by atoms with E-state index in [9.17, 15) is 20.0 Å². The van der Waals surface area contributed by atoms with Crippen molar-refractivity contribution in [3.63, 3.8) is 0 Å². The van der Waals surface area contributed by atoms with E-state index >= 15 is 0 Å². The monoisotopic (exact) mass is 476 g/mol. The molecule has 1 aliphatic rings. The van der Waals surface area contributed by atoms with Gasteiger partial charge >= 0.3 is 12.1 Å². The average Bonchev–Trinajstić information content (AvgIpc) is 3.56. The summed E-state index contributed by atoms with van der Waals surface area (Å²) in [7, 11) is 1.25. The first-order valence-corrected chi connectivity index (χ1v) is 10.6. The highest BCUT2D eigenvalue weighted by molar-refractivity contribution is 6.06. The lowest BCUT2D eigenvalue weighted by Crippen LogP contribution is -2.30. The molecular formula is C23H20N6O6. The second-order valence-electron chi connectivity index (χ2n) is 8.03. The summed E-state index contributed by atoms with van der Waals surface area (Å²) in [5, 5.41) is 25.3. The zero-order chi connectivity index (χ0) is 24.7. The van der Waals surface area contributed by atoms with Gasteiger partial charge in [0, 0.05) is 18.0 Å². The molecule has 0 amide bonds. The first kappa shape index (κ1) is 22.3. The third-order valence-electron chi connectivity index (χ3n) is 6.04. The van der Waals surface area contributed by atoms with Crippen LogP contribution in [0.4, 0.5) is 10.6 Å². The Bertz CT molecular complexity index is 1500. The number of carbonyl (C=O) groups excluding carboxylic acids is 2. The summed E-state index contributed by atoms with van der Waals surface area (Å²) in [5.41, 5.74) is 5.87. The number of nitrogen functional groups attached to an aromatic ring is 1. The number of methoxy groups -OCH3 is 1. The molecule has 178 valence electrons. The maximum Gasteiger partial charge on any atom is 0.418 e. The van der Waals surface area contributed by atoms with Gasteiger partial charge in [-0.25, -0.2) is 19.1 Å². The van der Waals surface area contributed by atoms with Gasteiger partial charge in [-0.2, -0.15) is 10.4 Å². The van der Waals surface area contributed by atoms with Crippen LogP contribution in [0.25, 0.3) is 16.4 Å². The van der Waals surface area contributed by atoms with E-state index in [1.807, 2.05) is 0 Å². The SMILES string of the molecule is COC(=O)c1cn(C(=O)OC[C@H]2O[C@@](C#N)(c3ccc4c(N)ncnn34)C[C@@H]2O)c2ccccc12. The Labute approximate surface area is 198 Å². The van der Waals surface area contributed by atoms with Crippen molar-refractivity contribution in [2.24, 2.45) is 0 Å². The molecule has 0 spiro atoms. The molecule has 5 rings (SSSR count). The Balaban J connectivity index is 1.37. The van der Waals surface area contributed by atoms with Crippen LogP contribution in [0.1, 0.15) is 22.5 Å². The largest absolute Gasteiger partial charge is 0.465 e. The van der Waals surface area contributed by atoms with Gasteiger partial charge in [-0.15, -0.1) is 0 Å². The average molecular weight is 476 g/mol. The van der Waals surface area contributed by atoms with Gasteiger partial charge in [-0.05, 0) is 18.2 Å².